The molecule has 0 aliphatic heterocycles. The fourth-order valence-electron chi connectivity index (χ4n) is 3.31. The summed E-state index contributed by atoms with van der Waals surface area (Å²) in [5.41, 5.74) is 3.96. The normalized spacial score (nSPS) is 17.1. The summed E-state index contributed by atoms with van der Waals surface area (Å²) in [6, 6.07) is 8.11. The van der Waals surface area contributed by atoms with Crippen molar-refractivity contribution in [1.29, 1.82) is 0 Å². The van der Waals surface area contributed by atoms with Gasteiger partial charge in [0, 0.05) is 5.56 Å². The molecule has 3 aromatic rings. The number of hydrogen-bond acceptors (Lipinski definition) is 4. The molecule has 2 aromatic heterocycles. The first-order chi connectivity index (χ1) is 11.9. The first-order valence-corrected chi connectivity index (χ1v) is 8.00. The van der Waals surface area contributed by atoms with E-state index in [1.807, 2.05) is 25.1 Å². The lowest BCUT2D eigenvalue weighted by Gasteiger charge is -2.18. The van der Waals surface area contributed by atoms with Gasteiger partial charge in [0.1, 0.15) is 0 Å². The number of halogens is 3. The average molecular weight is 347 g/mol. The zero-order valence-corrected chi connectivity index (χ0v) is 13.7. The predicted octanol–water partition coefficient (Wildman–Crippen LogP) is 3.86. The lowest BCUT2D eigenvalue weighted by Crippen LogP contribution is -2.16. The van der Waals surface area contributed by atoms with Gasteiger partial charge in [0.2, 0.25) is 0 Å². The van der Waals surface area contributed by atoms with Crippen molar-refractivity contribution in [2.45, 2.75) is 38.9 Å². The van der Waals surface area contributed by atoms with E-state index in [-0.39, 0.29) is 11.7 Å². The summed E-state index contributed by atoms with van der Waals surface area (Å²) in [5.74, 6) is -0.683. The summed E-state index contributed by atoms with van der Waals surface area (Å²) in [6.07, 6.45) is -2.79. The first-order valence-electron chi connectivity index (χ1n) is 8.00. The van der Waals surface area contributed by atoms with E-state index in [2.05, 4.69) is 26.7 Å². The fourth-order valence-corrected chi connectivity index (χ4v) is 3.31. The third-order valence-corrected chi connectivity index (χ3v) is 4.79. The maximum atomic E-state index is 13.1. The highest BCUT2D eigenvalue weighted by molar-refractivity contribution is 5.59. The van der Waals surface area contributed by atoms with E-state index in [9.17, 15) is 13.2 Å². The smallest absolute Gasteiger partial charge is 0.362 e. The lowest BCUT2D eigenvalue weighted by molar-refractivity contribution is -0.146. The van der Waals surface area contributed by atoms with Crippen LogP contribution in [0.25, 0.3) is 5.65 Å². The second kappa shape index (κ2) is 5.44. The van der Waals surface area contributed by atoms with Gasteiger partial charge in [0.25, 0.3) is 5.82 Å². The van der Waals surface area contributed by atoms with Gasteiger partial charge in [0.05, 0.1) is 6.04 Å². The topological polar surface area (TPSA) is 55.1 Å². The average Bonchev–Trinajstić information content (AvgIpc) is 3.17. The molecule has 0 spiro atoms. The minimum absolute atomic E-state index is 0.0325. The van der Waals surface area contributed by atoms with Crippen LogP contribution < -0.4 is 5.32 Å². The van der Waals surface area contributed by atoms with Crippen molar-refractivity contribution in [3.8, 4) is 0 Å². The van der Waals surface area contributed by atoms with Crippen LogP contribution in [0.2, 0.25) is 0 Å². The van der Waals surface area contributed by atoms with Crippen LogP contribution in [-0.4, -0.2) is 19.8 Å². The van der Waals surface area contributed by atoms with Gasteiger partial charge in [-0.25, -0.2) is 0 Å². The molecule has 25 heavy (non-hydrogen) atoms. The molecule has 5 nitrogen and oxygen atoms in total. The molecule has 8 heteroatoms. The zero-order chi connectivity index (χ0) is 17.8. The second-order valence-corrected chi connectivity index (χ2v) is 6.29. The molecule has 130 valence electrons. The van der Waals surface area contributed by atoms with Crippen LogP contribution in [0.5, 0.6) is 0 Å². The molecular weight excluding hydrogens is 331 g/mol. The number of aromatic nitrogens is 4. The van der Waals surface area contributed by atoms with Crippen molar-refractivity contribution in [1.82, 2.24) is 19.8 Å². The van der Waals surface area contributed by atoms with Crippen molar-refractivity contribution >= 4 is 11.5 Å². The van der Waals surface area contributed by atoms with Crippen molar-refractivity contribution in [2.24, 2.45) is 0 Å². The number of rotatable bonds is 2. The molecule has 0 saturated heterocycles. The van der Waals surface area contributed by atoms with Crippen LogP contribution in [0.1, 0.15) is 40.5 Å². The van der Waals surface area contributed by atoms with E-state index in [4.69, 9.17) is 0 Å². The van der Waals surface area contributed by atoms with Gasteiger partial charge in [-0.2, -0.15) is 17.7 Å². The number of anilines is 1. The van der Waals surface area contributed by atoms with Gasteiger partial charge in [-0.15, -0.1) is 15.3 Å². The van der Waals surface area contributed by atoms with E-state index in [0.717, 1.165) is 22.9 Å². The molecule has 0 amide bonds. The Bertz CT molecular complexity index is 961. The zero-order valence-electron chi connectivity index (χ0n) is 13.7. The van der Waals surface area contributed by atoms with Crippen LogP contribution in [-0.2, 0) is 12.6 Å². The summed E-state index contributed by atoms with van der Waals surface area (Å²) >= 11 is 0. The van der Waals surface area contributed by atoms with Crippen LogP contribution >= 0.6 is 0 Å². The third kappa shape index (κ3) is 2.52. The predicted molar refractivity (Wildman–Crippen MR) is 86.4 cm³/mol. The van der Waals surface area contributed by atoms with Crippen molar-refractivity contribution in [3.63, 3.8) is 0 Å². The Balaban J connectivity index is 1.79. The largest absolute Gasteiger partial charge is 0.453 e. The molecule has 0 fully saturated rings. The molecule has 1 aromatic carbocycles. The highest BCUT2D eigenvalue weighted by Crippen LogP contribution is 2.35. The summed E-state index contributed by atoms with van der Waals surface area (Å²) in [7, 11) is 0. The SMILES string of the molecule is Cc1c(NC2CCc3ccccc32)nn2c(C(F)(F)F)nnc2c1C. The van der Waals surface area contributed by atoms with Crippen molar-refractivity contribution < 1.29 is 13.2 Å². The molecule has 0 saturated carbocycles. The quantitative estimate of drug-likeness (QED) is 0.765. The molecule has 0 bridgehead atoms. The van der Waals surface area contributed by atoms with Crippen LogP contribution in [0.4, 0.5) is 19.0 Å². The highest BCUT2D eigenvalue weighted by Gasteiger charge is 2.38. The maximum absolute atomic E-state index is 13.1. The Morgan fingerprint density at radius 3 is 2.64 bits per heavy atom. The van der Waals surface area contributed by atoms with E-state index in [1.54, 1.807) is 6.92 Å². The molecule has 1 aliphatic rings. The number of alkyl halides is 3. The molecule has 2 heterocycles. The van der Waals surface area contributed by atoms with Crippen LogP contribution in [0.15, 0.2) is 24.3 Å². The number of nitrogens with one attached hydrogen (secondary N) is 1. The standard InChI is InChI=1S/C17H16F3N5/c1-9-10(2)15-22-23-16(17(18,19)20)25(15)24-14(9)21-13-8-7-11-5-3-4-6-12(11)13/h3-6,13H,7-8H2,1-2H3,(H,21,24). The first kappa shape index (κ1) is 15.9. The van der Waals surface area contributed by atoms with Gasteiger partial charge in [-0.05, 0) is 43.4 Å². The van der Waals surface area contributed by atoms with Gasteiger partial charge >= 0.3 is 6.18 Å². The number of fused-ring (bicyclic) bond motifs is 2. The Morgan fingerprint density at radius 1 is 1.12 bits per heavy atom. The molecular formula is C17H16F3N5. The lowest BCUT2D eigenvalue weighted by atomic mass is 10.1. The molecule has 4 rings (SSSR count). The van der Waals surface area contributed by atoms with E-state index in [0.29, 0.717) is 11.4 Å². The Morgan fingerprint density at radius 2 is 1.88 bits per heavy atom. The van der Waals surface area contributed by atoms with E-state index >= 15 is 0 Å². The third-order valence-electron chi connectivity index (χ3n) is 4.79. The number of aryl methyl sites for hydroxylation is 2. The van der Waals surface area contributed by atoms with Crippen molar-refractivity contribution in [3.05, 3.63) is 52.3 Å². The van der Waals surface area contributed by atoms with E-state index < -0.39 is 12.0 Å². The molecule has 1 unspecified atom stereocenters. The van der Waals surface area contributed by atoms with E-state index in [1.165, 1.54) is 11.1 Å². The minimum Gasteiger partial charge on any atom is -0.362 e. The van der Waals surface area contributed by atoms with Crippen molar-refractivity contribution in [2.75, 3.05) is 5.32 Å². The number of nitrogens with zero attached hydrogens (tertiary/aromatic N) is 4. The summed E-state index contributed by atoms with van der Waals surface area (Å²) in [5, 5.41) is 14.4. The summed E-state index contributed by atoms with van der Waals surface area (Å²) in [6.45, 7) is 3.56. The maximum Gasteiger partial charge on any atom is 0.453 e. The fraction of sp³-hybridized carbons (Fsp3) is 0.353. The second-order valence-electron chi connectivity index (χ2n) is 6.29. The molecule has 1 aliphatic carbocycles. The number of hydrogen-bond donors (Lipinski definition) is 1. The Labute approximate surface area is 141 Å². The van der Waals surface area contributed by atoms with Crippen LogP contribution in [0.3, 0.4) is 0 Å². The van der Waals surface area contributed by atoms with Gasteiger partial charge in [-0.1, -0.05) is 24.3 Å². The minimum atomic E-state index is -4.61. The summed E-state index contributed by atoms with van der Waals surface area (Å²) < 4.78 is 40.2. The highest BCUT2D eigenvalue weighted by atomic mass is 19.4. The molecule has 1 atom stereocenters. The van der Waals surface area contributed by atoms with Gasteiger partial charge < -0.3 is 5.32 Å². The summed E-state index contributed by atoms with van der Waals surface area (Å²) in [4.78, 5) is 0. The Kier molecular flexibility index (Phi) is 3.45. The molecule has 0 radical (unpaired) electrons. The number of benzene rings is 1. The van der Waals surface area contributed by atoms with Crippen LogP contribution in [0, 0.1) is 13.8 Å². The van der Waals surface area contributed by atoms with Gasteiger partial charge in [-0.3, -0.25) is 0 Å². The monoisotopic (exact) mass is 347 g/mol. The Hall–Kier alpha value is -2.64. The van der Waals surface area contributed by atoms with Gasteiger partial charge in [0.15, 0.2) is 11.5 Å². The molecule has 1 N–H and O–H groups in total.